The third-order valence-electron chi connectivity index (χ3n) is 6.66. The molecular weight excluding hydrogens is 338 g/mol. The molecule has 0 radical (unpaired) electrons. The fraction of sp³-hybridized carbons (Fsp3) is 0.526. The lowest BCUT2D eigenvalue weighted by molar-refractivity contribution is -0.146. The molecule has 1 fully saturated rings. The lowest BCUT2D eigenvalue weighted by Crippen LogP contribution is -2.62. The van der Waals surface area contributed by atoms with Gasteiger partial charge in [-0.1, -0.05) is 12.2 Å². The van der Waals surface area contributed by atoms with Gasteiger partial charge in [-0.25, -0.2) is 0 Å². The highest BCUT2D eigenvalue weighted by Gasteiger charge is 2.79. The Kier molecular flexibility index (Phi) is 3.32. The van der Waals surface area contributed by atoms with E-state index in [1.54, 1.807) is 6.08 Å². The van der Waals surface area contributed by atoms with Crippen LogP contribution in [0.4, 0.5) is 0 Å². The number of carbonyl (C=O) groups is 3. The molecule has 1 aliphatic heterocycles. The van der Waals surface area contributed by atoms with Gasteiger partial charge in [0.05, 0.1) is 21.3 Å². The zero-order chi connectivity index (χ0) is 18.9. The van der Waals surface area contributed by atoms with Gasteiger partial charge in [0.25, 0.3) is 0 Å². The summed E-state index contributed by atoms with van der Waals surface area (Å²) in [7, 11) is 6.18. The van der Waals surface area contributed by atoms with Gasteiger partial charge in [-0.05, 0) is 20.0 Å². The Morgan fingerprint density at radius 1 is 1.04 bits per heavy atom. The molecule has 7 nitrogen and oxygen atoms in total. The van der Waals surface area contributed by atoms with Crippen LogP contribution in [0.3, 0.4) is 0 Å². The maximum atomic E-state index is 13.2. The quantitative estimate of drug-likeness (QED) is 0.543. The van der Waals surface area contributed by atoms with Crippen LogP contribution in [0.15, 0.2) is 35.5 Å². The summed E-state index contributed by atoms with van der Waals surface area (Å²) >= 11 is 0. The molecule has 1 heterocycles. The van der Waals surface area contributed by atoms with Gasteiger partial charge in [-0.3, -0.25) is 19.3 Å². The molecule has 0 saturated carbocycles. The Labute approximate surface area is 151 Å². The number of likely N-dealkylation sites (tertiary alicyclic amines) is 1. The van der Waals surface area contributed by atoms with Crippen molar-refractivity contribution in [2.24, 2.45) is 10.8 Å². The molecule has 4 aliphatic rings. The highest BCUT2D eigenvalue weighted by molar-refractivity contribution is 6.27. The number of likely N-dealkylation sites (N-methyl/N-ethyl adjacent to an activating group) is 1. The smallest absolute Gasteiger partial charge is 0.215 e. The van der Waals surface area contributed by atoms with Gasteiger partial charge >= 0.3 is 0 Å². The second kappa shape index (κ2) is 5.07. The van der Waals surface area contributed by atoms with E-state index >= 15 is 0 Å². The second-order valence-electron chi connectivity index (χ2n) is 7.23. The molecule has 0 aromatic rings. The molecule has 0 aromatic heterocycles. The predicted molar refractivity (Wildman–Crippen MR) is 89.8 cm³/mol. The normalized spacial score (nSPS) is 38.8. The molecule has 7 heteroatoms. The summed E-state index contributed by atoms with van der Waals surface area (Å²) in [4.78, 5) is 41.3. The summed E-state index contributed by atoms with van der Waals surface area (Å²) in [5, 5.41) is 0. The van der Waals surface area contributed by atoms with Crippen LogP contribution in [0, 0.1) is 10.8 Å². The minimum absolute atomic E-state index is 0.0304. The molecule has 3 aliphatic carbocycles. The van der Waals surface area contributed by atoms with Crippen LogP contribution >= 0.6 is 0 Å². The number of ether oxygens (including phenoxy) is 3. The number of Topliss-reactive ketones (excluding diaryl/α,β-unsaturated/α-hetero) is 2. The van der Waals surface area contributed by atoms with E-state index in [-0.39, 0.29) is 35.3 Å². The molecule has 0 bridgehead atoms. The number of allylic oxidation sites excluding steroid dienone is 4. The Hall–Kier alpha value is -2.41. The lowest BCUT2D eigenvalue weighted by atomic mass is 9.52. The largest absolute Gasteiger partial charge is 0.495 e. The second-order valence-corrected chi connectivity index (χ2v) is 7.23. The van der Waals surface area contributed by atoms with Crippen LogP contribution < -0.4 is 0 Å². The van der Waals surface area contributed by atoms with Crippen molar-refractivity contribution in [3.8, 4) is 0 Å². The monoisotopic (exact) mass is 359 g/mol. The molecule has 4 rings (SSSR count). The van der Waals surface area contributed by atoms with E-state index in [1.165, 1.54) is 27.4 Å². The maximum Gasteiger partial charge on any atom is 0.215 e. The van der Waals surface area contributed by atoms with Crippen molar-refractivity contribution in [3.63, 3.8) is 0 Å². The van der Waals surface area contributed by atoms with Crippen molar-refractivity contribution in [1.29, 1.82) is 0 Å². The van der Waals surface area contributed by atoms with E-state index in [0.717, 1.165) is 0 Å². The summed E-state index contributed by atoms with van der Waals surface area (Å²) in [6.45, 7) is 0.617. The Morgan fingerprint density at radius 3 is 2.35 bits per heavy atom. The number of hydrogen-bond donors (Lipinski definition) is 0. The van der Waals surface area contributed by atoms with Gasteiger partial charge < -0.3 is 14.2 Å². The molecule has 0 N–H and O–H groups in total. The van der Waals surface area contributed by atoms with Crippen LogP contribution in [0.2, 0.25) is 0 Å². The zero-order valence-electron chi connectivity index (χ0n) is 15.3. The molecule has 0 amide bonds. The average molecular weight is 359 g/mol. The summed E-state index contributed by atoms with van der Waals surface area (Å²) in [5.41, 5.74) is -3.28. The highest BCUT2D eigenvalue weighted by atomic mass is 16.5. The number of nitrogens with zero attached hydrogens (tertiary/aromatic N) is 1. The van der Waals surface area contributed by atoms with Crippen LogP contribution in [-0.2, 0) is 28.6 Å². The van der Waals surface area contributed by atoms with Gasteiger partial charge in [0.2, 0.25) is 17.3 Å². The summed E-state index contributed by atoms with van der Waals surface area (Å²) < 4.78 is 16.1. The first-order valence-electron chi connectivity index (χ1n) is 8.49. The van der Waals surface area contributed by atoms with Gasteiger partial charge in [0.1, 0.15) is 11.0 Å². The topological polar surface area (TPSA) is 82.1 Å². The standard InChI is InChI=1S/C19H21NO6/c1-20-8-7-17-10-11(21)14(25-3)16(26-4)19(17,20)6-5-18(17)13(22)9-12(24-2)15(18)23/h5-6,9H,7-8,10H2,1-4H3/t17-,18+,19+/m0/s1. The molecule has 1 saturated heterocycles. The van der Waals surface area contributed by atoms with Gasteiger partial charge in [0, 0.05) is 17.9 Å². The minimum atomic E-state index is -1.44. The third kappa shape index (κ3) is 1.44. The van der Waals surface area contributed by atoms with E-state index in [2.05, 4.69) is 0 Å². The zero-order valence-corrected chi connectivity index (χ0v) is 15.3. The molecule has 0 unspecified atom stereocenters. The Balaban J connectivity index is 2.02. The summed E-state index contributed by atoms with van der Waals surface area (Å²) in [6, 6.07) is 0. The first-order chi connectivity index (χ1) is 12.4. The first-order valence-corrected chi connectivity index (χ1v) is 8.49. The Morgan fingerprint density at radius 2 is 1.77 bits per heavy atom. The van der Waals surface area contributed by atoms with Gasteiger partial charge in [-0.2, -0.15) is 0 Å². The minimum Gasteiger partial charge on any atom is -0.495 e. The van der Waals surface area contributed by atoms with Crippen molar-refractivity contribution in [3.05, 3.63) is 35.5 Å². The average Bonchev–Trinajstić information content (AvgIpc) is 3.18. The van der Waals surface area contributed by atoms with Crippen LogP contribution in [-0.4, -0.2) is 62.7 Å². The molecular formula is C19H21NO6. The van der Waals surface area contributed by atoms with E-state index in [1.807, 2.05) is 18.0 Å². The highest BCUT2D eigenvalue weighted by Crippen LogP contribution is 2.70. The van der Waals surface area contributed by atoms with Crippen LogP contribution in [0.25, 0.3) is 0 Å². The van der Waals surface area contributed by atoms with Crippen molar-refractivity contribution >= 4 is 17.3 Å². The fourth-order valence-electron chi connectivity index (χ4n) is 5.59. The Bertz CT molecular complexity index is 839. The van der Waals surface area contributed by atoms with Crippen LogP contribution in [0.1, 0.15) is 12.8 Å². The number of ketones is 3. The fourth-order valence-corrected chi connectivity index (χ4v) is 5.59. The number of hydrogen-bond acceptors (Lipinski definition) is 7. The molecule has 3 atom stereocenters. The van der Waals surface area contributed by atoms with Crippen molar-refractivity contribution in [2.75, 3.05) is 34.9 Å². The molecule has 26 heavy (non-hydrogen) atoms. The van der Waals surface area contributed by atoms with Crippen molar-refractivity contribution in [2.45, 2.75) is 18.4 Å². The SMILES string of the molecule is COC1=CC(=O)[C@]2(C=C[C@@]34C(OC)=C(OC)C(=O)C[C@@]23CCN4C)C1=O. The third-order valence-corrected chi connectivity index (χ3v) is 6.66. The van der Waals surface area contributed by atoms with E-state index < -0.39 is 16.4 Å². The molecule has 0 aromatic carbocycles. The van der Waals surface area contributed by atoms with Crippen molar-refractivity contribution < 1.29 is 28.6 Å². The van der Waals surface area contributed by atoms with Crippen LogP contribution in [0.5, 0.6) is 0 Å². The molecule has 138 valence electrons. The number of carbonyl (C=O) groups excluding carboxylic acids is 3. The predicted octanol–water partition coefficient (Wildman–Crippen LogP) is 0.763. The van der Waals surface area contributed by atoms with E-state index in [4.69, 9.17) is 14.2 Å². The first kappa shape index (κ1) is 17.0. The van der Waals surface area contributed by atoms with Crippen molar-refractivity contribution in [1.82, 2.24) is 4.90 Å². The van der Waals surface area contributed by atoms with E-state index in [0.29, 0.717) is 18.7 Å². The molecule has 1 spiro atoms. The maximum absolute atomic E-state index is 13.2. The van der Waals surface area contributed by atoms with Gasteiger partial charge in [0.15, 0.2) is 17.3 Å². The number of methoxy groups -OCH3 is 3. The van der Waals surface area contributed by atoms with E-state index in [9.17, 15) is 14.4 Å². The summed E-state index contributed by atoms with van der Waals surface area (Å²) in [5.74, 6) is -0.441. The van der Waals surface area contributed by atoms with Gasteiger partial charge in [-0.15, -0.1) is 0 Å². The summed E-state index contributed by atoms with van der Waals surface area (Å²) in [6.07, 6.45) is 5.28. The lowest BCUT2D eigenvalue weighted by Gasteiger charge is -2.51. The number of rotatable bonds is 3.